The maximum atomic E-state index is 12.0. The van der Waals surface area contributed by atoms with Gasteiger partial charge in [-0.2, -0.15) is 0 Å². The van der Waals surface area contributed by atoms with Crippen LogP contribution in [0.5, 0.6) is 0 Å². The third-order valence-electron chi connectivity index (χ3n) is 3.00. The maximum absolute atomic E-state index is 12.0. The van der Waals surface area contributed by atoms with Gasteiger partial charge in [0.2, 0.25) is 0 Å². The van der Waals surface area contributed by atoms with Gasteiger partial charge in [0.25, 0.3) is 0 Å². The quantitative estimate of drug-likeness (QED) is 0.735. The van der Waals surface area contributed by atoms with Crippen molar-refractivity contribution in [2.24, 2.45) is 0 Å². The molecule has 0 unspecified atom stereocenters. The van der Waals surface area contributed by atoms with E-state index < -0.39 is 5.97 Å². The summed E-state index contributed by atoms with van der Waals surface area (Å²) in [6, 6.07) is 6.46. The van der Waals surface area contributed by atoms with E-state index in [9.17, 15) is 9.59 Å². The highest BCUT2D eigenvalue weighted by Crippen LogP contribution is 2.16. The number of hydrogen-bond acceptors (Lipinski definition) is 4. The molecule has 0 aliphatic heterocycles. The van der Waals surface area contributed by atoms with Crippen LogP contribution in [0.1, 0.15) is 16.1 Å². The van der Waals surface area contributed by atoms with Crippen LogP contribution in [0.15, 0.2) is 41.6 Å². The normalized spacial score (nSPS) is 10.8. The van der Waals surface area contributed by atoms with Crippen molar-refractivity contribution in [2.75, 3.05) is 0 Å². The standard InChI is InChI=1S/C13H10N4O3/c18-12(19)9-2-1-3-10-11(9)16-13(20)17(10)6-8-4-5-14-7-15-8/h1-5,7H,6H2,(H,16,20)(H,18,19). The number of fused-ring (bicyclic) bond motifs is 1. The van der Waals surface area contributed by atoms with E-state index in [1.54, 1.807) is 24.4 Å². The van der Waals surface area contributed by atoms with Crippen molar-refractivity contribution < 1.29 is 9.90 Å². The minimum Gasteiger partial charge on any atom is -0.478 e. The molecule has 3 aromatic rings. The van der Waals surface area contributed by atoms with Crippen molar-refractivity contribution in [1.82, 2.24) is 19.5 Å². The SMILES string of the molecule is O=C(O)c1cccc2c1[nH]c(=O)n2Cc1ccncn1. The molecule has 0 fully saturated rings. The first-order valence-corrected chi connectivity index (χ1v) is 5.86. The van der Waals surface area contributed by atoms with Crippen molar-refractivity contribution in [3.05, 3.63) is 58.5 Å². The van der Waals surface area contributed by atoms with Gasteiger partial charge in [0, 0.05) is 6.20 Å². The molecule has 7 heteroatoms. The zero-order valence-corrected chi connectivity index (χ0v) is 10.3. The van der Waals surface area contributed by atoms with Gasteiger partial charge in [0.1, 0.15) is 6.33 Å². The minimum atomic E-state index is -1.08. The first kappa shape index (κ1) is 12.1. The van der Waals surface area contributed by atoms with Crippen LogP contribution in [0.2, 0.25) is 0 Å². The molecule has 0 saturated carbocycles. The number of para-hydroxylation sites is 1. The summed E-state index contributed by atoms with van der Waals surface area (Å²) in [7, 11) is 0. The lowest BCUT2D eigenvalue weighted by Crippen LogP contribution is -2.17. The first-order chi connectivity index (χ1) is 9.66. The molecule has 0 aliphatic carbocycles. The second kappa shape index (κ2) is 4.61. The topological polar surface area (TPSA) is 101 Å². The number of nitrogens with zero attached hydrogens (tertiary/aromatic N) is 3. The Labute approximate surface area is 112 Å². The van der Waals surface area contributed by atoms with Crippen LogP contribution in [0.3, 0.4) is 0 Å². The lowest BCUT2D eigenvalue weighted by molar-refractivity contribution is 0.0699. The van der Waals surface area contributed by atoms with E-state index in [0.29, 0.717) is 16.7 Å². The number of carboxylic acids is 1. The van der Waals surface area contributed by atoms with Crippen molar-refractivity contribution >= 4 is 17.0 Å². The van der Waals surface area contributed by atoms with Gasteiger partial charge in [-0.3, -0.25) is 4.57 Å². The Hall–Kier alpha value is -2.96. The molecule has 0 atom stereocenters. The lowest BCUT2D eigenvalue weighted by Gasteiger charge is -2.03. The maximum Gasteiger partial charge on any atom is 0.337 e. The molecule has 0 aliphatic rings. The van der Waals surface area contributed by atoms with Gasteiger partial charge in [-0.15, -0.1) is 0 Å². The Morgan fingerprint density at radius 3 is 2.90 bits per heavy atom. The number of hydrogen-bond donors (Lipinski definition) is 2. The Bertz CT molecular complexity index is 836. The predicted octanol–water partition coefficient (Wildman–Crippen LogP) is 0.866. The van der Waals surface area contributed by atoms with E-state index >= 15 is 0 Å². The number of aromatic nitrogens is 4. The van der Waals surface area contributed by atoms with Crippen LogP contribution in [-0.2, 0) is 6.54 Å². The van der Waals surface area contributed by atoms with Crippen LogP contribution in [0.25, 0.3) is 11.0 Å². The van der Waals surface area contributed by atoms with E-state index in [0.717, 1.165) is 0 Å². The molecule has 3 rings (SSSR count). The summed E-state index contributed by atoms with van der Waals surface area (Å²) in [6.45, 7) is 0.254. The fourth-order valence-electron chi connectivity index (χ4n) is 2.09. The van der Waals surface area contributed by atoms with Crippen LogP contribution in [-0.4, -0.2) is 30.6 Å². The molecule has 2 aromatic heterocycles. The molecular weight excluding hydrogens is 260 g/mol. The van der Waals surface area contributed by atoms with Gasteiger partial charge in [-0.05, 0) is 18.2 Å². The highest BCUT2D eigenvalue weighted by atomic mass is 16.4. The molecule has 2 N–H and O–H groups in total. The fraction of sp³-hybridized carbons (Fsp3) is 0.0769. The van der Waals surface area contributed by atoms with Crippen LogP contribution in [0.4, 0.5) is 0 Å². The van der Waals surface area contributed by atoms with Gasteiger partial charge in [-0.1, -0.05) is 6.07 Å². The summed E-state index contributed by atoms with van der Waals surface area (Å²) in [5, 5.41) is 9.12. The molecule has 2 heterocycles. The summed E-state index contributed by atoms with van der Waals surface area (Å²) in [4.78, 5) is 33.6. The molecule has 0 amide bonds. The third-order valence-corrected chi connectivity index (χ3v) is 3.00. The average Bonchev–Trinajstić information content (AvgIpc) is 2.76. The number of rotatable bonds is 3. The summed E-state index contributed by atoms with van der Waals surface area (Å²) in [5.74, 6) is -1.08. The average molecular weight is 270 g/mol. The monoisotopic (exact) mass is 270 g/mol. The summed E-state index contributed by atoms with van der Waals surface area (Å²) in [5.41, 5.74) is 1.23. The summed E-state index contributed by atoms with van der Waals surface area (Å²) >= 11 is 0. The number of aromatic carboxylic acids is 1. The van der Waals surface area contributed by atoms with Crippen LogP contribution >= 0.6 is 0 Å². The molecule has 0 saturated heterocycles. The van der Waals surface area contributed by atoms with Gasteiger partial charge in [0.05, 0.1) is 28.8 Å². The summed E-state index contributed by atoms with van der Waals surface area (Å²) in [6.07, 6.45) is 2.99. The molecule has 0 bridgehead atoms. The zero-order chi connectivity index (χ0) is 14.1. The largest absolute Gasteiger partial charge is 0.478 e. The van der Waals surface area contributed by atoms with E-state index in [1.165, 1.54) is 17.0 Å². The Balaban J connectivity index is 2.17. The van der Waals surface area contributed by atoms with E-state index in [4.69, 9.17) is 5.11 Å². The second-order valence-electron chi connectivity index (χ2n) is 4.22. The van der Waals surface area contributed by atoms with Crippen molar-refractivity contribution in [2.45, 2.75) is 6.54 Å². The van der Waals surface area contributed by atoms with Crippen molar-refractivity contribution in [3.63, 3.8) is 0 Å². The van der Waals surface area contributed by atoms with E-state index in [1.807, 2.05) is 0 Å². The van der Waals surface area contributed by atoms with Gasteiger partial charge < -0.3 is 10.1 Å². The van der Waals surface area contributed by atoms with E-state index in [2.05, 4.69) is 15.0 Å². The van der Waals surface area contributed by atoms with Crippen LogP contribution < -0.4 is 5.69 Å². The smallest absolute Gasteiger partial charge is 0.337 e. The molecular formula is C13H10N4O3. The minimum absolute atomic E-state index is 0.0704. The Morgan fingerprint density at radius 1 is 1.35 bits per heavy atom. The number of H-pyrrole nitrogens is 1. The number of imidazole rings is 1. The number of carboxylic acid groups (broad SMARTS) is 1. The summed E-state index contributed by atoms with van der Waals surface area (Å²) < 4.78 is 1.45. The lowest BCUT2D eigenvalue weighted by atomic mass is 10.2. The molecule has 1 aromatic carbocycles. The number of carbonyl (C=O) groups is 1. The molecule has 100 valence electrons. The Morgan fingerprint density at radius 2 is 2.20 bits per heavy atom. The molecule has 7 nitrogen and oxygen atoms in total. The van der Waals surface area contributed by atoms with Gasteiger partial charge in [-0.25, -0.2) is 19.6 Å². The number of benzene rings is 1. The second-order valence-corrected chi connectivity index (χ2v) is 4.22. The van der Waals surface area contributed by atoms with Crippen molar-refractivity contribution in [1.29, 1.82) is 0 Å². The van der Waals surface area contributed by atoms with Crippen molar-refractivity contribution in [3.8, 4) is 0 Å². The van der Waals surface area contributed by atoms with E-state index in [-0.39, 0.29) is 17.8 Å². The van der Waals surface area contributed by atoms with Gasteiger partial charge >= 0.3 is 11.7 Å². The molecule has 20 heavy (non-hydrogen) atoms. The first-order valence-electron chi connectivity index (χ1n) is 5.86. The highest BCUT2D eigenvalue weighted by Gasteiger charge is 2.14. The molecule has 0 radical (unpaired) electrons. The predicted molar refractivity (Wildman–Crippen MR) is 70.7 cm³/mol. The molecule has 0 spiro atoms. The highest BCUT2D eigenvalue weighted by molar-refractivity contribution is 6.00. The number of nitrogens with one attached hydrogen (secondary N) is 1. The third kappa shape index (κ3) is 1.95. The zero-order valence-electron chi connectivity index (χ0n) is 10.3. The van der Waals surface area contributed by atoms with Gasteiger partial charge in [0.15, 0.2) is 0 Å². The fourth-order valence-corrected chi connectivity index (χ4v) is 2.09. The number of aromatic amines is 1. The Kier molecular flexibility index (Phi) is 2.79. The van der Waals surface area contributed by atoms with Crippen LogP contribution in [0, 0.1) is 0 Å².